The number of carbonyl (C=O) groups is 2. The van der Waals surface area contributed by atoms with Crippen molar-refractivity contribution in [2.24, 2.45) is 4.99 Å². The molecule has 4 heterocycles. The van der Waals surface area contributed by atoms with Crippen LogP contribution in [0.3, 0.4) is 0 Å². The van der Waals surface area contributed by atoms with E-state index in [4.69, 9.17) is 4.74 Å². The Balaban J connectivity index is 0.00000156. The number of ether oxygens (including phenoxy) is 1. The van der Waals surface area contributed by atoms with E-state index in [2.05, 4.69) is 10.3 Å². The van der Waals surface area contributed by atoms with Crippen molar-refractivity contribution in [3.63, 3.8) is 0 Å². The number of halogens is 1. The minimum atomic E-state index is -0.258. The van der Waals surface area contributed by atoms with Crippen molar-refractivity contribution < 1.29 is 14.3 Å². The minimum Gasteiger partial charge on any atom is -0.450 e. The Kier molecular flexibility index (Phi) is 4.20. The summed E-state index contributed by atoms with van der Waals surface area (Å²) >= 11 is 1.67. The van der Waals surface area contributed by atoms with Crippen LogP contribution in [-0.2, 0) is 29.0 Å². The van der Waals surface area contributed by atoms with Crippen LogP contribution < -0.4 is 5.32 Å². The topological polar surface area (TPSA) is 74.2 Å². The number of hydrogen-bond donors (Lipinski definition) is 1. The van der Waals surface area contributed by atoms with Gasteiger partial charge in [0.05, 0.1) is 13.2 Å². The Bertz CT molecular complexity index is 702. The van der Waals surface area contributed by atoms with E-state index in [9.17, 15) is 9.59 Å². The number of nitrogens with zero attached hydrogens (tertiary/aromatic N) is 3. The quantitative estimate of drug-likeness (QED) is 0.829. The Hall–Kier alpha value is -1.80. The summed E-state index contributed by atoms with van der Waals surface area (Å²) in [6.07, 6.45) is 0.578. The second-order valence-electron chi connectivity index (χ2n) is 5.50. The molecule has 1 aromatic rings. The smallest absolute Gasteiger partial charge is 0.410 e. The van der Waals surface area contributed by atoms with Gasteiger partial charge in [-0.25, -0.2) is 9.79 Å². The summed E-state index contributed by atoms with van der Waals surface area (Å²) in [5, 5.41) is 3.74. The van der Waals surface area contributed by atoms with Crippen LogP contribution in [0.2, 0.25) is 0 Å². The lowest BCUT2D eigenvalue weighted by Crippen LogP contribution is -2.37. The van der Waals surface area contributed by atoms with Gasteiger partial charge in [-0.05, 0) is 18.9 Å². The molecule has 1 fully saturated rings. The molecule has 4 rings (SSSR count). The molecule has 0 saturated carbocycles. The number of hydrogen-bond acceptors (Lipinski definition) is 6. The van der Waals surface area contributed by atoms with Crippen LogP contribution in [-0.4, -0.2) is 47.5 Å². The SMILES string of the molecule is CCOC(=O)N1CCc2sc3c(c2C1)CN1CC(=O)NC1=N3.Cl. The van der Waals surface area contributed by atoms with E-state index in [1.54, 1.807) is 16.2 Å². The first-order valence-electron chi connectivity index (χ1n) is 7.34. The lowest BCUT2D eigenvalue weighted by molar-refractivity contribution is -0.118. The third-order valence-corrected chi connectivity index (χ3v) is 5.33. The molecule has 1 aromatic heterocycles. The number of fused-ring (bicyclic) bond motifs is 4. The van der Waals surface area contributed by atoms with Crippen molar-refractivity contribution in [2.45, 2.75) is 26.4 Å². The molecule has 9 heteroatoms. The zero-order valence-corrected chi connectivity index (χ0v) is 14.3. The van der Waals surface area contributed by atoms with Crippen LogP contribution in [0.25, 0.3) is 0 Å². The summed E-state index contributed by atoms with van der Waals surface area (Å²) in [5.41, 5.74) is 2.33. The lowest BCUT2D eigenvalue weighted by atomic mass is 10.0. The van der Waals surface area contributed by atoms with E-state index < -0.39 is 0 Å². The van der Waals surface area contributed by atoms with Gasteiger partial charge < -0.3 is 14.5 Å². The number of guanidine groups is 1. The number of rotatable bonds is 1. The number of carbonyl (C=O) groups excluding carboxylic acids is 2. The van der Waals surface area contributed by atoms with Crippen molar-refractivity contribution in [3.8, 4) is 0 Å². The first-order valence-corrected chi connectivity index (χ1v) is 8.16. The van der Waals surface area contributed by atoms with Crippen LogP contribution in [0.4, 0.5) is 9.80 Å². The Labute approximate surface area is 143 Å². The average Bonchev–Trinajstić information content (AvgIpc) is 3.02. The van der Waals surface area contributed by atoms with Gasteiger partial charge in [-0.1, -0.05) is 0 Å². The molecule has 124 valence electrons. The third-order valence-electron chi connectivity index (χ3n) is 4.10. The van der Waals surface area contributed by atoms with E-state index in [1.807, 2.05) is 11.8 Å². The maximum Gasteiger partial charge on any atom is 0.410 e. The van der Waals surface area contributed by atoms with Crippen molar-refractivity contribution in [1.29, 1.82) is 0 Å². The summed E-state index contributed by atoms with van der Waals surface area (Å²) in [7, 11) is 0. The zero-order chi connectivity index (χ0) is 15.3. The van der Waals surface area contributed by atoms with E-state index in [1.165, 1.54) is 10.4 Å². The Morgan fingerprint density at radius 1 is 1.35 bits per heavy atom. The molecule has 7 nitrogen and oxygen atoms in total. The highest BCUT2D eigenvalue weighted by molar-refractivity contribution is 7.16. The zero-order valence-electron chi connectivity index (χ0n) is 12.6. The van der Waals surface area contributed by atoms with Crippen LogP contribution in [0.5, 0.6) is 0 Å². The molecule has 0 atom stereocenters. The van der Waals surface area contributed by atoms with Gasteiger partial charge in [0.1, 0.15) is 11.5 Å². The molecule has 3 aliphatic heterocycles. The first-order chi connectivity index (χ1) is 10.7. The highest BCUT2D eigenvalue weighted by Crippen LogP contribution is 2.42. The number of thiophene rings is 1. The summed E-state index contributed by atoms with van der Waals surface area (Å²) in [6, 6.07) is 0. The van der Waals surface area contributed by atoms with Gasteiger partial charge in [-0.3, -0.25) is 10.1 Å². The summed E-state index contributed by atoms with van der Waals surface area (Å²) in [5.74, 6) is 0.634. The van der Waals surface area contributed by atoms with Gasteiger partial charge in [-0.15, -0.1) is 23.7 Å². The van der Waals surface area contributed by atoms with Gasteiger partial charge in [0, 0.05) is 23.5 Å². The summed E-state index contributed by atoms with van der Waals surface area (Å²) in [4.78, 5) is 33.0. The summed E-state index contributed by atoms with van der Waals surface area (Å²) < 4.78 is 5.10. The van der Waals surface area contributed by atoms with Crippen LogP contribution in [0.15, 0.2) is 4.99 Å². The van der Waals surface area contributed by atoms with Crippen LogP contribution >= 0.6 is 23.7 Å². The fourth-order valence-electron chi connectivity index (χ4n) is 3.06. The summed E-state index contributed by atoms with van der Waals surface area (Å²) in [6.45, 7) is 4.48. The maximum atomic E-state index is 11.9. The van der Waals surface area contributed by atoms with E-state index in [-0.39, 0.29) is 24.4 Å². The lowest BCUT2D eigenvalue weighted by Gasteiger charge is -2.28. The average molecular weight is 357 g/mol. The molecule has 23 heavy (non-hydrogen) atoms. The molecule has 3 aliphatic rings. The predicted octanol–water partition coefficient (Wildman–Crippen LogP) is 1.62. The number of nitrogens with one attached hydrogen (secondary N) is 1. The highest BCUT2D eigenvalue weighted by atomic mass is 35.5. The first kappa shape index (κ1) is 16.1. The predicted molar refractivity (Wildman–Crippen MR) is 88.4 cm³/mol. The standard InChI is InChI=1S/C14H16N4O3S.ClH/c1-2-21-14(20)17-4-3-10-8(5-17)9-6-18-7-11(19)15-13(18)16-12(9)22-10;/h2-7H2,1H3,(H,15,16,19);1H. The van der Waals surface area contributed by atoms with Crippen molar-refractivity contribution in [3.05, 3.63) is 16.0 Å². The van der Waals surface area contributed by atoms with Gasteiger partial charge in [-0.2, -0.15) is 0 Å². The molecular weight excluding hydrogens is 340 g/mol. The highest BCUT2D eigenvalue weighted by Gasteiger charge is 2.34. The Morgan fingerprint density at radius 3 is 2.96 bits per heavy atom. The van der Waals surface area contributed by atoms with E-state index >= 15 is 0 Å². The van der Waals surface area contributed by atoms with Crippen molar-refractivity contribution in [1.82, 2.24) is 15.1 Å². The molecule has 1 N–H and O–H groups in total. The second kappa shape index (κ2) is 6.01. The van der Waals surface area contributed by atoms with Crippen molar-refractivity contribution >= 4 is 46.7 Å². The van der Waals surface area contributed by atoms with Gasteiger partial charge in [0.15, 0.2) is 0 Å². The fourth-order valence-corrected chi connectivity index (χ4v) is 4.24. The van der Waals surface area contributed by atoms with E-state index in [0.29, 0.717) is 38.7 Å². The van der Waals surface area contributed by atoms with E-state index in [0.717, 1.165) is 17.0 Å². The van der Waals surface area contributed by atoms with Crippen molar-refractivity contribution in [2.75, 3.05) is 19.7 Å². The Morgan fingerprint density at radius 2 is 2.17 bits per heavy atom. The van der Waals surface area contributed by atoms with Gasteiger partial charge in [0.25, 0.3) is 0 Å². The molecule has 0 aromatic carbocycles. The molecule has 0 unspecified atom stereocenters. The number of aliphatic imine (C=N–C) groups is 1. The number of amides is 2. The molecular formula is C14H17ClN4O3S. The van der Waals surface area contributed by atoms with Gasteiger partial charge in [0.2, 0.25) is 11.9 Å². The largest absolute Gasteiger partial charge is 0.450 e. The molecule has 1 saturated heterocycles. The molecule has 0 bridgehead atoms. The fraction of sp³-hybridized carbons (Fsp3) is 0.500. The second-order valence-corrected chi connectivity index (χ2v) is 6.58. The van der Waals surface area contributed by atoms with Gasteiger partial charge >= 0.3 is 6.09 Å². The van der Waals surface area contributed by atoms with Crippen LogP contribution in [0.1, 0.15) is 22.9 Å². The maximum absolute atomic E-state index is 11.9. The monoisotopic (exact) mass is 356 g/mol. The molecule has 2 amide bonds. The molecule has 0 aliphatic carbocycles. The van der Waals surface area contributed by atoms with Crippen LogP contribution in [0, 0.1) is 0 Å². The molecule has 0 radical (unpaired) electrons. The normalized spacial score (nSPS) is 18.3. The molecule has 0 spiro atoms. The third kappa shape index (κ3) is 2.66. The minimum absolute atomic E-state index is 0.